The van der Waals surface area contributed by atoms with Crippen molar-refractivity contribution < 1.29 is 13.2 Å². The third-order valence-electron chi connectivity index (χ3n) is 5.38. The van der Waals surface area contributed by atoms with E-state index >= 15 is 0 Å². The van der Waals surface area contributed by atoms with Crippen molar-refractivity contribution in [3.05, 3.63) is 40.4 Å². The Morgan fingerprint density at radius 2 is 1.96 bits per heavy atom. The van der Waals surface area contributed by atoms with E-state index in [0.717, 1.165) is 30.5 Å². The van der Waals surface area contributed by atoms with Gasteiger partial charge in [-0.2, -0.15) is 4.31 Å². The Bertz CT molecular complexity index is 960. The standard InChI is InChI=1S/C19H23N3O3S2/c1-13-12-26-19(20-13)21-18(23)15-7-9-22(10-8-15)27(24,25)17-6-5-14-3-2-4-16(14)11-17/h5-6,11-12,15H,2-4,7-10H2,1H3,(H,20,21,23). The van der Waals surface area contributed by atoms with Crippen molar-refractivity contribution in [3.63, 3.8) is 0 Å². The van der Waals surface area contributed by atoms with E-state index in [9.17, 15) is 13.2 Å². The van der Waals surface area contributed by atoms with Gasteiger partial charge < -0.3 is 5.32 Å². The number of carbonyl (C=O) groups excluding carboxylic acids is 1. The summed E-state index contributed by atoms with van der Waals surface area (Å²) in [6.45, 7) is 2.62. The van der Waals surface area contributed by atoms with E-state index in [4.69, 9.17) is 0 Å². The van der Waals surface area contributed by atoms with Crippen LogP contribution in [0, 0.1) is 12.8 Å². The normalized spacial score (nSPS) is 18.4. The summed E-state index contributed by atoms with van der Waals surface area (Å²) in [5.41, 5.74) is 3.30. The molecule has 1 N–H and O–H groups in total. The molecule has 1 aliphatic heterocycles. The number of aromatic nitrogens is 1. The average Bonchev–Trinajstić information content (AvgIpc) is 3.29. The maximum Gasteiger partial charge on any atom is 0.243 e. The van der Waals surface area contributed by atoms with Gasteiger partial charge in [-0.05, 0) is 62.3 Å². The van der Waals surface area contributed by atoms with Gasteiger partial charge in [0.25, 0.3) is 0 Å². The number of aryl methyl sites for hydroxylation is 3. The molecule has 8 heteroatoms. The van der Waals surface area contributed by atoms with Crippen LogP contribution < -0.4 is 5.32 Å². The zero-order valence-electron chi connectivity index (χ0n) is 15.3. The van der Waals surface area contributed by atoms with Gasteiger partial charge >= 0.3 is 0 Å². The molecule has 0 unspecified atom stereocenters. The van der Waals surface area contributed by atoms with Crippen molar-refractivity contribution in [2.24, 2.45) is 5.92 Å². The van der Waals surface area contributed by atoms with Crippen LogP contribution in [0.3, 0.4) is 0 Å². The second-order valence-corrected chi connectivity index (χ2v) is 10.0. The first-order valence-electron chi connectivity index (χ1n) is 9.28. The van der Waals surface area contributed by atoms with Crippen LogP contribution in [0.15, 0.2) is 28.5 Å². The van der Waals surface area contributed by atoms with E-state index in [1.54, 1.807) is 6.07 Å². The van der Waals surface area contributed by atoms with Gasteiger partial charge in [0.05, 0.1) is 10.6 Å². The first-order chi connectivity index (χ1) is 12.9. The van der Waals surface area contributed by atoms with Crippen molar-refractivity contribution >= 4 is 32.4 Å². The predicted molar refractivity (Wildman–Crippen MR) is 105 cm³/mol. The fourth-order valence-electron chi connectivity index (χ4n) is 3.83. The molecule has 0 bridgehead atoms. The molecule has 0 saturated carbocycles. The van der Waals surface area contributed by atoms with Crippen LogP contribution in [0.2, 0.25) is 0 Å². The van der Waals surface area contributed by atoms with Crippen LogP contribution in [0.25, 0.3) is 0 Å². The van der Waals surface area contributed by atoms with Crippen LogP contribution in [0.4, 0.5) is 5.13 Å². The number of piperidine rings is 1. The summed E-state index contributed by atoms with van der Waals surface area (Å²) in [5.74, 6) is -0.250. The highest BCUT2D eigenvalue weighted by molar-refractivity contribution is 7.89. The fraction of sp³-hybridized carbons (Fsp3) is 0.474. The van der Waals surface area contributed by atoms with Crippen molar-refractivity contribution in [3.8, 4) is 0 Å². The number of nitrogens with zero attached hydrogens (tertiary/aromatic N) is 2. The third-order valence-corrected chi connectivity index (χ3v) is 8.15. The number of nitrogens with one attached hydrogen (secondary N) is 1. The highest BCUT2D eigenvalue weighted by Crippen LogP contribution is 2.29. The summed E-state index contributed by atoms with van der Waals surface area (Å²) in [6, 6.07) is 5.51. The number of sulfonamides is 1. The minimum absolute atomic E-state index is 0.0704. The van der Waals surface area contributed by atoms with Gasteiger partial charge in [-0.15, -0.1) is 11.3 Å². The second kappa shape index (κ2) is 7.33. The molecule has 0 radical (unpaired) electrons. The summed E-state index contributed by atoms with van der Waals surface area (Å²) in [6.07, 6.45) is 4.14. The van der Waals surface area contributed by atoms with Crippen molar-refractivity contribution in [1.82, 2.24) is 9.29 Å². The molecule has 2 aromatic rings. The molecule has 1 fully saturated rings. The molecule has 27 heavy (non-hydrogen) atoms. The zero-order valence-corrected chi connectivity index (χ0v) is 16.9. The Balaban J connectivity index is 1.40. The minimum Gasteiger partial charge on any atom is -0.302 e. The van der Waals surface area contributed by atoms with Crippen LogP contribution in [-0.2, 0) is 27.7 Å². The Kier molecular flexibility index (Phi) is 5.05. The molecule has 2 heterocycles. The van der Waals surface area contributed by atoms with Gasteiger partial charge in [0.1, 0.15) is 0 Å². The van der Waals surface area contributed by atoms with E-state index in [1.165, 1.54) is 21.2 Å². The van der Waals surface area contributed by atoms with E-state index in [1.807, 2.05) is 24.4 Å². The zero-order chi connectivity index (χ0) is 19.0. The monoisotopic (exact) mass is 405 g/mol. The number of benzene rings is 1. The van der Waals surface area contributed by atoms with Gasteiger partial charge in [-0.3, -0.25) is 4.79 Å². The van der Waals surface area contributed by atoms with Crippen LogP contribution >= 0.6 is 11.3 Å². The number of rotatable bonds is 4. The molecule has 0 spiro atoms. The number of thiazole rings is 1. The molecule has 1 saturated heterocycles. The van der Waals surface area contributed by atoms with Crippen LogP contribution in [0.5, 0.6) is 0 Å². The molecule has 1 aromatic carbocycles. The minimum atomic E-state index is -3.50. The van der Waals surface area contributed by atoms with E-state index in [0.29, 0.717) is 36.0 Å². The molecular formula is C19H23N3O3S2. The van der Waals surface area contributed by atoms with Crippen LogP contribution in [0.1, 0.15) is 36.1 Å². The fourth-order valence-corrected chi connectivity index (χ4v) is 6.05. The first-order valence-corrected chi connectivity index (χ1v) is 11.6. The predicted octanol–water partition coefficient (Wildman–Crippen LogP) is 2.98. The van der Waals surface area contributed by atoms with Gasteiger partial charge in [-0.25, -0.2) is 13.4 Å². The number of hydrogen-bond acceptors (Lipinski definition) is 5. The Labute approximate surface area is 163 Å². The summed E-state index contributed by atoms with van der Waals surface area (Å²) in [7, 11) is -3.50. The highest BCUT2D eigenvalue weighted by atomic mass is 32.2. The van der Waals surface area contributed by atoms with Crippen molar-refractivity contribution in [1.29, 1.82) is 0 Å². The quantitative estimate of drug-likeness (QED) is 0.848. The smallest absolute Gasteiger partial charge is 0.243 e. The largest absolute Gasteiger partial charge is 0.302 e. The lowest BCUT2D eigenvalue weighted by atomic mass is 9.97. The second-order valence-electron chi connectivity index (χ2n) is 7.25. The van der Waals surface area contributed by atoms with E-state index in [-0.39, 0.29) is 11.8 Å². The first kappa shape index (κ1) is 18.6. The lowest BCUT2D eigenvalue weighted by molar-refractivity contribution is -0.120. The third kappa shape index (κ3) is 3.79. The molecule has 1 aromatic heterocycles. The number of hydrogen-bond donors (Lipinski definition) is 1. The number of anilines is 1. The summed E-state index contributed by atoms with van der Waals surface area (Å²) in [4.78, 5) is 17.0. The summed E-state index contributed by atoms with van der Waals surface area (Å²) >= 11 is 1.40. The average molecular weight is 406 g/mol. The SMILES string of the molecule is Cc1csc(NC(=O)C2CCN(S(=O)(=O)c3ccc4c(c3)CCC4)CC2)n1. The Morgan fingerprint density at radius 1 is 1.22 bits per heavy atom. The molecule has 1 amide bonds. The molecule has 1 aliphatic carbocycles. The maximum absolute atomic E-state index is 13.0. The molecule has 4 rings (SSSR count). The van der Waals surface area contributed by atoms with Gasteiger partial charge in [-0.1, -0.05) is 6.07 Å². The highest BCUT2D eigenvalue weighted by Gasteiger charge is 2.32. The van der Waals surface area contributed by atoms with E-state index in [2.05, 4.69) is 10.3 Å². The van der Waals surface area contributed by atoms with E-state index < -0.39 is 10.0 Å². The topological polar surface area (TPSA) is 79.4 Å². The van der Waals surface area contributed by atoms with Gasteiger partial charge in [0.2, 0.25) is 15.9 Å². The molecule has 144 valence electrons. The summed E-state index contributed by atoms with van der Waals surface area (Å²) in [5, 5.41) is 5.34. The van der Waals surface area contributed by atoms with Gasteiger partial charge in [0.15, 0.2) is 5.13 Å². The Hall–Kier alpha value is -1.77. The van der Waals surface area contributed by atoms with Crippen molar-refractivity contribution in [2.75, 3.05) is 18.4 Å². The molecule has 2 aliphatic rings. The Morgan fingerprint density at radius 3 is 2.67 bits per heavy atom. The number of fused-ring (bicyclic) bond motifs is 1. The molecule has 0 atom stereocenters. The number of amides is 1. The van der Waals surface area contributed by atoms with Crippen molar-refractivity contribution in [2.45, 2.75) is 43.9 Å². The lowest BCUT2D eigenvalue weighted by Gasteiger charge is -2.30. The lowest BCUT2D eigenvalue weighted by Crippen LogP contribution is -2.41. The number of carbonyl (C=O) groups is 1. The maximum atomic E-state index is 13.0. The molecular weight excluding hydrogens is 382 g/mol. The van der Waals surface area contributed by atoms with Crippen LogP contribution in [-0.4, -0.2) is 36.7 Å². The molecule has 6 nitrogen and oxygen atoms in total. The van der Waals surface area contributed by atoms with Gasteiger partial charge in [0, 0.05) is 24.4 Å². The summed E-state index contributed by atoms with van der Waals surface area (Å²) < 4.78 is 27.5.